The van der Waals surface area contributed by atoms with E-state index < -0.39 is 5.60 Å². The van der Waals surface area contributed by atoms with Gasteiger partial charge in [-0.2, -0.15) is 0 Å². The quantitative estimate of drug-likeness (QED) is 0.738. The fourth-order valence-electron chi connectivity index (χ4n) is 5.45. The standard InChI is InChI=1S/C26H35N3O2/c1-18(2)19-9-11-21(12-10-19)26(31,25(3)16-29(4)17-25)22-13-20(14-27-15-22)24(30)28-23-7-5-6-8-23/h9-15,18,23,31H,5-8,16-17H2,1-4H3,(H,28,30)/t26-/m0/s1. The van der Waals surface area contributed by atoms with Crippen LogP contribution in [0.25, 0.3) is 0 Å². The van der Waals surface area contributed by atoms with Crippen LogP contribution in [0.5, 0.6) is 0 Å². The summed E-state index contributed by atoms with van der Waals surface area (Å²) in [5, 5.41) is 15.4. The SMILES string of the molecule is CC(C)c1ccc([C@](O)(c2cncc(C(=O)NC3CCCC3)c2)C2(C)CN(C)C2)cc1. The molecule has 1 atom stereocenters. The fraction of sp³-hybridized carbons (Fsp3) is 0.538. The van der Waals surface area contributed by atoms with Gasteiger partial charge in [0.1, 0.15) is 5.60 Å². The largest absolute Gasteiger partial charge is 0.380 e. The average Bonchev–Trinajstić information content (AvgIpc) is 3.25. The van der Waals surface area contributed by atoms with Gasteiger partial charge in [-0.05, 0) is 43.0 Å². The Hall–Kier alpha value is -2.24. The number of benzene rings is 1. The maximum atomic E-state index is 12.9. The molecule has 0 unspecified atom stereocenters. The van der Waals surface area contributed by atoms with Crippen LogP contribution in [0.2, 0.25) is 0 Å². The van der Waals surface area contributed by atoms with E-state index >= 15 is 0 Å². The minimum absolute atomic E-state index is 0.102. The van der Waals surface area contributed by atoms with Gasteiger partial charge < -0.3 is 15.3 Å². The van der Waals surface area contributed by atoms with Crippen LogP contribution in [0.15, 0.2) is 42.7 Å². The van der Waals surface area contributed by atoms with Crippen LogP contribution in [-0.4, -0.2) is 47.1 Å². The molecule has 2 aromatic rings. The molecule has 1 saturated carbocycles. The minimum atomic E-state index is -1.23. The van der Waals surface area contributed by atoms with Gasteiger partial charge in [0.15, 0.2) is 0 Å². The van der Waals surface area contributed by atoms with Crippen molar-refractivity contribution in [1.29, 1.82) is 0 Å². The van der Waals surface area contributed by atoms with Gasteiger partial charge in [0, 0.05) is 42.5 Å². The highest BCUT2D eigenvalue weighted by atomic mass is 16.3. The minimum Gasteiger partial charge on any atom is -0.380 e. The molecule has 1 amide bonds. The summed E-state index contributed by atoms with van der Waals surface area (Å²) in [5.74, 6) is 0.325. The van der Waals surface area contributed by atoms with Gasteiger partial charge in [0.05, 0.1) is 5.56 Å². The second-order valence-corrected chi connectivity index (χ2v) is 10.1. The van der Waals surface area contributed by atoms with Gasteiger partial charge >= 0.3 is 0 Å². The Balaban J connectivity index is 1.71. The van der Waals surface area contributed by atoms with E-state index in [1.807, 2.05) is 18.2 Å². The first-order valence-corrected chi connectivity index (χ1v) is 11.5. The van der Waals surface area contributed by atoms with E-state index in [0.717, 1.165) is 31.5 Å². The summed E-state index contributed by atoms with van der Waals surface area (Å²) in [6.07, 6.45) is 7.73. The van der Waals surface area contributed by atoms with Crippen molar-refractivity contribution in [3.8, 4) is 0 Å². The molecule has 1 aromatic heterocycles. The number of aromatic nitrogens is 1. The van der Waals surface area contributed by atoms with Crippen molar-refractivity contribution >= 4 is 5.91 Å². The highest BCUT2D eigenvalue weighted by molar-refractivity contribution is 5.94. The van der Waals surface area contributed by atoms with Gasteiger partial charge in [-0.1, -0.05) is 57.9 Å². The topological polar surface area (TPSA) is 65.5 Å². The van der Waals surface area contributed by atoms with E-state index in [-0.39, 0.29) is 17.4 Å². The highest BCUT2D eigenvalue weighted by Crippen LogP contribution is 2.50. The molecule has 5 nitrogen and oxygen atoms in total. The van der Waals surface area contributed by atoms with Crippen LogP contribution in [0.1, 0.15) is 79.4 Å². The molecule has 2 aliphatic rings. The number of carbonyl (C=O) groups excluding carboxylic acids is 1. The molecule has 2 fully saturated rings. The molecule has 31 heavy (non-hydrogen) atoms. The zero-order valence-corrected chi connectivity index (χ0v) is 19.2. The summed E-state index contributed by atoms with van der Waals surface area (Å²) in [7, 11) is 2.06. The first-order chi connectivity index (χ1) is 14.7. The van der Waals surface area contributed by atoms with Crippen molar-refractivity contribution in [2.75, 3.05) is 20.1 Å². The summed E-state index contributed by atoms with van der Waals surface area (Å²) in [4.78, 5) is 19.5. The van der Waals surface area contributed by atoms with Crippen LogP contribution in [-0.2, 0) is 5.60 Å². The molecule has 4 rings (SSSR count). The fourth-order valence-corrected chi connectivity index (χ4v) is 5.45. The molecule has 2 heterocycles. The summed E-state index contributed by atoms with van der Waals surface area (Å²) >= 11 is 0. The monoisotopic (exact) mass is 421 g/mol. The number of amides is 1. The van der Waals surface area contributed by atoms with Gasteiger partial charge in [0.25, 0.3) is 5.91 Å². The third-order valence-electron chi connectivity index (χ3n) is 7.21. The number of likely N-dealkylation sites (tertiary alicyclic amines) is 1. The highest BCUT2D eigenvalue weighted by Gasteiger charge is 2.55. The molecular formula is C26H35N3O2. The number of aliphatic hydroxyl groups is 1. The molecule has 1 saturated heterocycles. The summed E-state index contributed by atoms with van der Waals surface area (Å²) in [6.45, 7) is 8.00. The predicted octanol–water partition coefficient (Wildman–Crippen LogP) is 4.07. The lowest BCUT2D eigenvalue weighted by atomic mass is 9.62. The molecule has 0 radical (unpaired) electrons. The van der Waals surface area contributed by atoms with Gasteiger partial charge in [0.2, 0.25) is 0 Å². The Morgan fingerprint density at radius 1 is 1.16 bits per heavy atom. The third kappa shape index (κ3) is 4.01. The van der Waals surface area contributed by atoms with E-state index in [2.05, 4.69) is 55.2 Å². The van der Waals surface area contributed by atoms with E-state index in [9.17, 15) is 9.90 Å². The first kappa shape index (κ1) is 22.0. The van der Waals surface area contributed by atoms with Crippen LogP contribution in [0, 0.1) is 5.41 Å². The maximum Gasteiger partial charge on any atom is 0.253 e. The Morgan fingerprint density at radius 3 is 2.39 bits per heavy atom. The zero-order chi connectivity index (χ0) is 22.2. The summed E-state index contributed by atoms with van der Waals surface area (Å²) in [6, 6.07) is 10.3. The molecular weight excluding hydrogens is 386 g/mol. The molecule has 2 N–H and O–H groups in total. The summed E-state index contributed by atoms with van der Waals surface area (Å²) in [5.41, 5.74) is 1.68. The van der Waals surface area contributed by atoms with Crippen LogP contribution < -0.4 is 5.32 Å². The van der Waals surface area contributed by atoms with Gasteiger partial charge in [-0.3, -0.25) is 9.78 Å². The Kier molecular flexibility index (Phi) is 5.93. The number of hydrogen-bond donors (Lipinski definition) is 2. The first-order valence-electron chi connectivity index (χ1n) is 11.5. The molecule has 166 valence electrons. The van der Waals surface area contributed by atoms with Gasteiger partial charge in [-0.25, -0.2) is 0 Å². The van der Waals surface area contributed by atoms with Crippen molar-refractivity contribution in [3.63, 3.8) is 0 Å². The number of nitrogens with one attached hydrogen (secondary N) is 1. The van der Waals surface area contributed by atoms with Gasteiger partial charge in [-0.15, -0.1) is 0 Å². The maximum absolute atomic E-state index is 12.9. The Labute approximate surface area is 185 Å². The summed E-state index contributed by atoms with van der Waals surface area (Å²) < 4.78 is 0. The van der Waals surface area contributed by atoms with Crippen molar-refractivity contribution in [2.24, 2.45) is 5.41 Å². The van der Waals surface area contributed by atoms with Crippen molar-refractivity contribution < 1.29 is 9.90 Å². The Morgan fingerprint density at radius 2 is 1.81 bits per heavy atom. The number of nitrogens with zero attached hydrogens (tertiary/aromatic N) is 2. The van der Waals surface area contributed by atoms with Crippen LogP contribution >= 0.6 is 0 Å². The molecule has 1 aromatic carbocycles. The second-order valence-electron chi connectivity index (χ2n) is 10.1. The molecule has 0 spiro atoms. The molecule has 1 aliphatic heterocycles. The molecule has 1 aliphatic carbocycles. The number of hydrogen-bond acceptors (Lipinski definition) is 4. The second kappa shape index (κ2) is 8.36. The van der Waals surface area contributed by atoms with E-state index in [1.165, 1.54) is 18.4 Å². The Bertz CT molecular complexity index is 928. The van der Waals surface area contributed by atoms with Crippen molar-refractivity contribution in [1.82, 2.24) is 15.2 Å². The van der Waals surface area contributed by atoms with Crippen LogP contribution in [0.4, 0.5) is 0 Å². The zero-order valence-electron chi connectivity index (χ0n) is 19.2. The number of carbonyl (C=O) groups is 1. The van der Waals surface area contributed by atoms with Crippen molar-refractivity contribution in [3.05, 3.63) is 65.0 Å². The van der Waals surface area contributed by atoms with Crippen LogP contribution in [0.3, 0.4) is 0 Å². The molecule has 0 bridgehead atoms. The number of rotatable bonds is 6. The molecule has 5 heteroatoms. The lowest BCUT2D eigenvalue weighted by Gasteiger charge is -2.55. The van der Waals surface area contributed by atoms with E-state index in [1.54, 1.807) is 12.4 Å². The van der Waals surface area contributed by atoms with E-state index in [0.29, 0.717) is 17.0 Å². The number of pyridine rings is 1. The van der Waals surface area contributed by atoms with E-state index in [4.69, 9.17) is 0 Å². The normalized spacial score (nSPS) is 21.0. The third-order valence-corrected chi connectivity index (χ3v) is 7.21. The smallest absolute Gasteiger partial charge is 0.253 e. The lowest BCUT2D eigenvalue weighted by molar-refractivity contribution is -0.127. The van der Waals surface area contributed by atoms with Crippen molar-refractivity contribution in [2.45, 2.75) is 64.0 Å². The predicted molar refractivity (Wildman–Crippen MR) is 123 cm³/mol. The lowest BCUT2D eigenvalue weighted by Crippen LogP contribution is -2.63. The average molecular weight is 422 g/mol.